The predicted molar refractivity (Wildman–Crippen MR) is 98.4 cm³/mol. The highest BCUT2D eigenvalue weighted by Crippen LogP contribution is 2.29. The van der Waals surface area contributed by atoms with Gasteiger partial charge in [0.25, 0.3) is 5.91 Å². The van der Waals surface area contributed by atoms with Gasteiger partial charge in [-0.05, 0) is 36.4 Å². The maximum absolute atomic E-state index is 12.5. The van der Waals surface area contributed by atoms with Crippen molar-refractivity contribution in [2.24, 2.45) is 0 Å². The number of methoxy groups -OCH3 is 2. The third-order valence-corrected chi connectivity index (χ3v) is 3.60. The number of benzene rings is 2. The van der Waals surface area contributed by atoms with Crippen molar-refractivity contribution < 1.29 is 19.4 Å². The standard InChI is InChI=1S/C19H19N3O4/c1-22(14-4-6-15(23)7-5-14)12-13(11-20)19(24)21-17-10-16(25-2)8-9-18(17)26-3/h4-10,12,23H,1-3H3,(H,21,24)/b13-12-. The Balaban J connectivity index is 2.23. The SMILES string of the molecule is COc1ccc(OC)c(NC(=O)/C(C#N)=C\N(C)c2ccc(O)cc2)c1. The van der Waals surface area contributed by atoms with Crippen LogP contribution >= 0.6 is 0 Å². The fourth-order valence-corrected chi connectivity index (χ4v) is 2.20. The summed E-state index contributed by atoms with van der Waals surface area (Å²) < 4.78 is 10.4. The average Bonchev–Trinajstić information content (AvgIpc) is 2.66. The van der Waals surface area contributed by atoms with Crippen LogP contribution in [0.4, 0.5) is 11.4 Å². The Kier molecular flexibility index (Phi) is 6.06. The van der Waals surface area contributed by atoms with Gasteiger partial charge in [0.15, 0.2) is 0 Å². The van der Waals surface area contributed by atoms with Gasteiger partial charge < -0.3 is 24.8 Å². The lowest BCUT2D eigenvalue weighted by atomic mass is 10.2. The number of amides is 1. The Hall–Kier alpha value is -3.66. The number of ether oxygens (including phenoxy) is 2. The lowest BCUT2D eigenvalue weighted by Gasteiger charge is -2.15. The van der Waals surface area contributed by atoms with Crippen LogP contribution in [-0.4, -0.2) is 32.3 Å². The van der Waals surface area contributed by atoms with E-state index in [1.165, 1.54) is 32.6 Å². The lowest BCUT2D eigenvalue weighted by Crippen LogP contribution is -2.18. The molecule has 2 N–H and O–H groups in total. The van der Waals surface area contributed by atoms with Crippen molar-refractivity contribution in [1.82, 2.24) is 0 Å². The number of phenolic OH excluding ortho intramolecular Hbond substituents is 1. The highest BCUT2D eigenvalue weighted by atomic mass is 16.5. The van der Waals surface area contributed by atoms with E-state index in [1.54, 1.807) is 42.3 Å². The van der Waals surface area contributed by atoms with E-state index >= 15 is 0 Å². The van der Waals surface area contributed by atoms with Gasteiger partial charge in [-0.1, -0.05) is 0 Å². The third kappa shape index (κ3) is 4.45. The number of nitrogens with zero attached hydrogens (tertiary/aromatic N) is 2. The van der Waals surface area contributed by atoms with E-state index < -0.39 is 5.91 Å². The summed E-state index contributed by atoms with van der Waals surface area (Å²) >= 11 is 0. The van der Waals surface area contributed by atoms with Gasteiger partial charge in [-0.3, -0.25) is 4.79 Å². The van der Waals surface area contributed by atoms with Crippen LogP contribution in [0.5, 0.6) is 17.2 Å². The van der Waals surface area contributed by atoms with Crippen molar-refractivity contribution in [1.29, 1.82) is 5.26 Å². The molecule has 0 heterocycles. The van der Waals surface area contributed by atoms with Crippen molar-refractivity contribution in [3.8, 4) is 23.3 Å². The molecule has 2 rings (SSSR count). The predicted octanol–water partition coefficient (Wildman–Crippen LogP) is 2.89. The first kappa shape index (κ1) is 18.7. The molecule has 134 valence electrons. The molecule has 0 aliphatic heterocycles. The van der Waals surface area contributed by atoms with Gasteiger partial charge in [-0.2, -0.15) is 5.26 Å². The molecule has 0 atom stereocenters. The van der Waals surface area contributed by atoms with Crippen LogP contribution in [-0.2, 0) is 4.79 Å². The average molecular weight is 353 g/mol. The van der Waals surface area contributed by atoms with E-state index in [0.717, 1.165) is 0 Å². The number of rotatable bonds is 6. The molecular formula is C19H19N3O4. The van der Waals surface area contributed by atoms with E-state index in [2.05, 4.69) is 5.32 Å². The molecule has 0 fully saturated rings. The monoisotopic (exact) mass is 353 g/mol. The number of carbonyl (C=O) groups excluding carboxylic acids is 1. The van der Waals surface area contributed by atoms with Gasteiger partial charge in [0, 0.05) is 25.0 Å². The largest absolute Gasteiger partial charge is 0.508 e. The summed E-state index contributed by atoms with van der Waals surface area (Å²) in [6.45, 7) is 0. The van der Waals surface area contributed by atoms with E-state index in [9.17, 15) is 15.2 Å². The highest BCUT2D eigenvalue weighted by molar-refractivity contribution is 6.07. The summed E-state index contributed by atoms with van der Waals surface area (Å²) in [6.07, 6.45) is 1.41. The van der Waals surface area contributed by atoms with E-state index in [4.69, 9.17) is 9.47 Å². The number of hydrogen-bond acceptors (Lipinski definition) is 6. The maximum atomic E-state index is 12.5. The number of carbonyl (C=O) groups is 1. The molecule has 0 saturated heterocycles. The number of aromatic hydroxyl groups is 1. The van der Waals surface area contributed by atoms with Crippen LogP contribution in [0.2, 0.25) is 0 Å². The van der Waals surface area contributed by atoms with Crippen molar-refractivity contribution >= 4 is 17.3 Å². The molecule has 0 spiro atoms. The molecular weight excluding hydrogens is 334 g/mol. The minimum Gasteiger partial charge on any atom is -0.508 e. The molecule has 0 bridgehead atoms. The molecule has 0 saturated carbocycles. The topological polar surface area (TPSA) is 94.8 Å². The molecule has 1 amide bonds. The van der Waals surface area contributed by atoms with Gasteiger partial charge in [-0.15, -0.1) is 0 Å². The first-order valence-electron chi connectivity index (χ1n) is 7.65. The second kappa shape index (κ2) is 8.44. The summed E-state index contributed by atoms with van der Waals surface area (Å²) in [7, 11) is 4.70. The summed E-state index contributed by atoms with van der Waals surface area (Å²) in [6, 6.07) is 13.2. The van der Waals surface area contributed by atoms with E-state index in [-0.39, 0.29) is 11.3 Å². The smallest absolute Gasteiger partial charge is 0.267 e. The van der Waals surface area contributed by atoms with Crippen LogP contribution in [0.1, 0.15) is 0 Å². The Morgan fingerprint density at radius 2 is 1.88 bits per heavy atom. The normalized spacial score (nSPS) is 10.6. The van der Waals surface area contributed by atoms with Crippen LogP contribution < -0.4 is 19.7 Å². The zero-order valence-electron chi connectivity index (χ0n) is 14.7. The van der Waals surface area contributed by atoms with Gasteiger partial charge in [0.2, 0.25) is 0 Å². The quantitative estimate of drug-likeness (QED) is 0.612. The van der Waals surface area contributed by atoms with Gasteiger partial charge in [0.05, 0.1) is 19.9 Å². The van der Waals surface area contributed by atoms with Crippen molar-refractivity contribution in [2.75, 3.05) is 31.5 Å². The molecule has 0 aliphatic carbocycles. The minimum atomic E-state index is -0.579. The number of anilines is 2. The zero-order chi connectivity index (χ0) is 19.1. The van der Waals surface area contributed by atoms with Gasteiger partial charge >= 0.3 is 0 Å². The van der Waals surface area contributed by atoms with E-state index in [1.807, 2.05) is 6.07 Å². The summed E-state index contributed by atoms with van der Waals surface area (Å²) in [4.78, 5) is 14.1. The molecule has 2 aromatic carbocycles. The molecule has 0 aromatic heterocycles. The molecule has 0 unspecified atom stereocenters. The lowest BCUT2D eigenvalue weighted by molar-refractivity contribution is -0.112. The van der Waals surface area contributed by atoms with Gasteiger partial charge in [0.1, 0.15) is 28.9 Å². The molecule has 7 nitrogen and oxygen atoms in total. The minimum absolute atomic E-state index is 0.0922. The first-order chi connectivity index (χ1) is 12.5. The first-order valence-corrected chi connectivity index (χ1v) is 7.65. The molecule has 2 aromatic rings. The fraction of sp³-hybridized carbons (Fsp3) is 0.158. The van der Waals surface area contributed by atoms with Crippen molar-refractivity contribution in [2.45, 2.75) is 0 Å². The summed E-state index contributed by atoms with van der Waals surface area (Å²) in [5.41, 5.74) is 1.01. The number of nitriles is 1. The van der Waals surface area contributed by atoms with Crippen molar-refractivity contribution in [3.63, 3.8) is 0 Å². The fourth-order valence-electron chi connectivity index (χ4n) is 2.20. The molecule has 0 aliphatic rings. The van der Waals surface area contributed by atoms with Crippen LogP contribution in [0.15, 0.2) is 54.2 Å². The highest BCUT2D eigenvalue weighted by Gasteiger charge is 2.14. The van der Waals surface area contributed by atoms with Gasteiger partial charge in [-0.25, -0.2) is 0 Å². The Morgan fingerprint density at radius 1 is 1.19 bits per heavy atom. The Morgan fingerprint density at radius 3 is 2.46 bits per heavy atom. The van der Waals surface area contributed by atoms with Crippen LogP contribution in [0.25, 0.3) is 0 Å². The number of phenols is 1. The van der Waals surface area contributed by atoms with Crippen LogP contribution in [0, 0.1) is 11.3 Å². The molecule has 0 radical (unpaired) electrons. The number of hydrogen-bond donors (Lipinski definition) is 2. The zero-order valence-corrected chi connectivity index (χ0v) is 14.7. The molecule has 26 heavy (non-hydrogen) atoms. The summed E-state index contributed by atoms with van der Waals surface area (Å²) in [5.74, 6) is 0.548. The second-order valence-electron chi connectivity index (χ2n) is 5.30. The summed E-state index contributed by atoms with van der Waals surface area (Å²) in [5, 5.41) is 21.3. The Labute approximate surface area is 151 Å². The number of nitrogens with one attached hydrogen (secondary N) is 1. The van der Waals surface area contributed by atoms with Crippen molar-refractivity contribution in [3.05, 3.63) is 54.2 Å². The van der Waals surface area contributed by atoms with E-state index in [0.29, 0.717) is 22.9 Å². The maximum Gasteiger partial charge on any atom is 0.267 e. The third-order valence-electron chi connectivity index (χ3n) is 3.60. The second-order valence-corrected chi connectivity index (χ2v) is 5.30. The van der Waals surface area contributed by atoms with Crippen LogP contribution in [0.3, 0.4) is 0 Å². The molecule has 7 heteroatoms. The Bertz CT molecular complexity index is 854.